The molecule has 2 nitrogen and oxygen atoms in total. The first-order chi connectivity index (χ1) is 8.38. The van der Waals surface area contributed by atoms with Crippen LogP contribution in [0.1, 0.15) is 38.5 Å². The van der Waals surface area contributed by atoms with Crippen molar-refractivity contribution in [2.75, 3.05) is 26.2 Å². The lowest BCUT2D eigenvalue weighted by Gasteiger charge is -2.37. The molecule has 17 heavy (non-hydrogen) atoms. The Labute approximate surface area is 105 Å². The van der Waals surface area contributed by atoms with Gasteiger partial charge in [-0.2, -0.15) is 0 Å². The predicted octanol–water partition coefficient (Wildman–Crippen LogP) is 2.11. The minimum absolute atomic E-state index is 0.836. The Morgan fingerprint density at radius 3 is 2.59 bits per heavy atom. The summed E-state index contributed by atoms with van der Waals surface area (Å²) >= 11 is 0. The second kappa shape index (κ2) is 4.24. The number of nitrogens with one attached hydrogen (secondary N) is 1. The molecule has 0 spiro atoms. The van der Waals surface area contributed by atoms with Crippen molar-refractivity contribution in [1.29, 1.82) is 0 Å². The predicted molar refractivity (Wildman–Crippen MR) is 69.9 cm³/mol. The molecule has 1 heterocycles. The Hall–Kier alpha value is -0.0800. The third kappa shape index (κ3) is 2.15. The van der Waals surface area contributed by atoms with Crippen LogP contribution in [0.3, 0.4) is 0 Å². The smallest absolute Gasteiger partial charge is 0.0223 e. The number of nitrogens with zero attached hydrogens (tertiary/aromatic N) is 1. The molecule has 4 unspecified atom stereocenters. The molecule has 1 N–H and O–H groups in total. The van der Waals surface area contributed by atoms with Crippen molar-refractivity contribution in [2.24, 2.45) is 23.7 Å². The molecule has 4 atom stereocenters. The Balaban J connectivity index is 1.32. The molecule has 3 aliphatic carbocycles. The van der Waals surface area contributed by atoms with Crippen molar-refractivity contribution >= 4 is 0 Å². The lowest BCUT2D eigenvalue weighted by atomic mass is 9.88. The molecule has 4 rings (SSSR count). The van der Waals surface area contributed by atoms with Gasteiger partial charge < -0.3 is 10.2 Å². The van der Waals surface area contributed by atoms with E-state index in [4.69, 9.17) is 0 Å². The van der Waals surface area contributed by atoms with Crippen molar-refractivity contribution in [1.82, 2.24) is 10.2 Å². The van der Waals surface area contributed by atoms with Gasteiger partial charge in [0.05, 0.1) is 0 Å². The van der Waals surface area contributed by atoms with Crippen molar-refractivity contribution < 1.29 is 0 Å². The first-order valence-corrected chi connectivity index (χ1v) is 7.84. The van der Waals surface area contributed by atoms with E-state index >= 15 is 0 Å². The number of hydrogen-bond acceptors (Lipinski definition) is 2. The zero-order chi connectivity index (χ0) is 11.2. The average molecular weight is 234 g/mol. The Kier molecular flexibility index (Phi) is 2.69. The molecular formula is C15H26N2. The molecule has 2 bridgehead atoms. The SMILES string of the molecule is C1CN(CC2CC3CCC2C3)CC(C2CC2)N1. The van der Waals surface area contributed by atoms with Gasteiger partial charge in [-0.15, -0.1) is 0 Å². The van der Waals surface area contributed by atoms with Crippen LogP contribution in [-0.2, 0) is 0 Å². The monoisotopic (exact) mass is 234 g/mol. The Bertz CT molecular complexity index is 287. The molecule has 0 amide bonds. The maximum atomic E-state index is 3.73. The van der Waals surface area contributed by atoms with E-state index in [-0.39, 0.29) is 0 Å². The molecule has 0 aromatic rings. The van der Waals surface area contributed by atoms with Crippen LogP contribution in [-0.4, -0.2) is 37.1 Å². The van der Waals surface area contributed by atoms with Gasteiger partial charge in [0.15, 0.2) is 0 Å². The van der Waals surface area contributed by atoms with Gasteiger partial charge in [0.2, 0.25) is 0 Å². The molecule has 96 valence electrons. The molecule has 1 aliphatic heterocycles. The first kappa shape index (κ1) is 10.8. The molecule has 0 aromatic heterocycles. The molecule has 0 aromatic carbocycles. The van der Waals surface area contributed by atoms with E-state index in [1.165, 1.54) is 39.0 Å². The maximum Gasteiger partial charge on any atom is 0.0223 e. The fraction of sp³-hybridized carbons (Fsp3) is 1.00. The van der Waals surface area contributed by atoms with Crippen LogP contribution in [0, 0.1) is 23.7 Å². The second-order valence-electron chi connectivity index (χ2n) is 7.09. The van der Waals surface area contributed by atoms with Crippen LogP contribution in [0.25, 0.3) is 0 Å². The zero-order valence-corrected chi connectivity index (χ0v) is 10.9. The van der Waals surface area contributed by atoms with Gasteiger partial charge in [-0.25, -0.2) is 0 Å². The highest BCUT2D eigenvalue weighted by atomic mass is 15.2. The van der Waals surface area contributed by atoms with Gasteiger partial charge >= 0.3 is 0 Å². The van der Waals surface area contributed by atoms with Crippen molar-refractivity contribution in [2.45, 2.75) is 44.6 Å². The summed E-state index contributed by atoms with van der Waals surface area (Å²) in [5.74, 6) is 4.31. The Morgan fingerprint density at radius 2 is 1.88 bits per heavy atom. The third-order valence-electron chi connectivity index (χ3n) is 5.86. The van der Waals surface area contributed by atoms with Gasteiger partial charge in [-0.1, -0.05) is 6.42 Å². The minimum Gasteiger partial charge on any atom is -0.311 e. The summed E-state index contributed by atoms with van der Waals surface area (Å²) in [6, 6.07) is 0.836. The number of fused-ring (bicyclic) bond motifs is 2. The molecule has 2 heteroatoms. The van der Waals surface area contributed by atoms with Crippen LogP contribution >= 0.6 is 0 Å². The molecule has 4 aliphatic rings. The van der Waals surface area contributed by atoms with Crippen LogP contribution < -0.4 is 5.32 Å². The first-order valence-electron chi connectivity index (χ1n) is 7.84. The largest absolute Gasteiger partial charge is 0.311 e. The molecule has 1 saturated heterocycles. The van der Waals surface area contributed by atoms with Crippen molar-refractivity contribution in [3.63, 3.8) is 0 Å². The minimum atomic E-state index is 0.836. The van der Waals surface area contributed by atoms with Crippen molar-refractivity contribution in [3.05, 3.63) is 0 Å². The lowest BCUT2D eigenvalue weighted by Crippen LogP contribution is -2.52. The molecule has 3 saturated carbocycles. The van der Waals surface area contributed by atoms with E-state index in [2.05, 4.69) is 10.2 Å². The van der Waals surface area contributed by atoms with E-state index in [0.717, 1.165) is 29.7 Å². The Morgan fingerprint density at radius 1 is 1.00 bits per heavy atom. The topological polar surface area (TPSA) is 15.3 Å². The van der Waals surface area contributed by atoms with E-state index in [1.807, 2.05) is 0 Å². The highest BCUT2D eigenvalue weighted by molar-refractivity contribution is 4.94. The zero-order valence-electron chi connectivity index (χ0n) is 10.9. The fourth-order valence-corrected chi connectivity index (χ4v) is 4.75. The highest BCUT2D eigenvalue weighted by Crippen LogP contribution is 2.48. The van der Waals surface area contributed by atoms with E-state index in [9.17, 15) is 0 Å². The van der Waals surface area contributed by atoms with Crippen LogP contribution in [0.15, 0.2) is 0 Å². The third-order valence-corrected chi connectivity index (χ3v) is 5.86. The summed E-state index contributed by atoms with van der Waals surface area (Å²) in [7, 11) is 0. The summed E-state index contributed by atoms with van der Waals surface area (Å²) in [6.07, 6.45) is 9.20. The summed E-state index contributed by atoms with van der Waals surface area (Å²) in [5.41, 5.74) is 0. The van der Waals surface area contributed by atoms with Crippen LogP contribution in [0.2, 0.25) is 0 Å². The summed E-state index contributed by atoms with van der Waals surface area (Å²) in [6.45, 7) is 5.31. The van der Waals surface area contributed by atoms with Crippen LogP contribution in [0.5, 0.6) is 0 Å². The molecule has 4 fully saturated rings. The summed E-state index contributed by atoms with van der Waals surface area (Å²) in [4.78, 5) is 2.78. The highest BCUT2D eigenvalue weighted by Gasteiger charge is 2.41. The number of piperazine rings is 1. The second-order valence-corrected chi connectivity index (χ2v) is 7.09. The average Bonchev–Trinajstić information content (AvgIpc) is 3.01. The van der Waals surface area contributed by atoms with Gasteiger partial charge in [-0.3, -0.25) is 0 Å². The quantitative estimate of drug-likeness (QED) is 0.804. The van der Waals surface area contributed by atoms with Crippen LogP contribution in [0.4, 0.5) is 0 Å². The maximum absolute atomic E-state index is 3.73. The number of rotatable bonds is 3. The van der Waals surface area contributed by atoms with Gasteiger partial charge in [-0.05, 0) is 55.8 Å². The summed E-state index contributed by atoms with van der Waals surface area (Å²) in [5, 5.41) is 3.73. The fourth-order valence-electron chi connectivity index (χ4n) is 4.75. The van der Waals surface area contributed by atoms with E-state index < -0.39 is 0 Å². The van der Waals surface area contributed by atoms with Gasteiger partial charge in [0.1, 0.15) is 0 Å². The van der Waals surface area contributed by atoms with Gasteiger partial charge in [0, 0.05) is 32.2 Å². The lowest BCUT2D eigenvalue weighted by molar-refractivity contribution is 0.142. The number of hydrogen-bond donors (Lipinski definition) is 1. The normalized spacial score (nSPS) is 46.6. The van der Waals surface area contributed by atoms with Gasteiger partial charge in [0.25, 0.3) is 0 Å². The van der Waals surface area contributed by atoms with E-state index in [0.29, 0.717) is 0 Å². The molecular weight excluding hydrogens is 208 g/mol. The van der Waals surface area contributed by atoms with E-state index in [1.54, 1.807) is 25.7 Å². The van der Waals surface area contributed by atoms with Crippen molar-refractivity contribution in [3.8, 4) is 0 Å². The summed E-state index contributed by atoms with van der Waals surface area (Å²) < 4.78 is 0. The molecule has 0 radical (unpaired) electrons. The standard InChI is InChI=1S/C15H26N2/c1-2-13-7-11(1)8-14(13)9-17-6-5-16-15(10-17)12-3-4-12/h11-16H,1-10H2.